The Bertz CT molecular complexity index is 1970. The number of H-pyrrole nitrogens is 2. The van der Waals surface area contributed by atoms with E-state index < -0.39 is 0 Å². The SMILES string of the molecule is Cc1cccc2c1ccc1c3occ(C)c3c3[nH]c(-c4cc5ccccc5[nH]c4=O)nc3c21. The number of hydrogen-bond donors (Lipinski definition) is 2. The van der Waals surface area contributed by atoms with Crippen molar-refractivity contribution in [2.75, 3.05) is 0 Å². The molecule has 4 aromatic carbocycles. The number of fused-ring (bicyclic) bond motifs is 9. The maximum absolute atomic E-state index is 13.0. The number of aromatic amines is 2. The first-order valence-corrected chi connectivity index (χ1v) is 10.9. The largest absolute Gasteiger partial charge is 0.463 e. The molecule has 0 bridgehead atoms. The second-order valence-electron chi connectivity index (χ2n) is 8.69. The highest BCUT2D eigenvalue weighted by Gasteiger charge is 2.20. The van der Waals surface area contributed by atoms with E-state index in [2.05, 4.69) is 47.2 Å². The number of imidazole rings is 1. The number of aryl methyl sites for hydroxylation is 2. The van der Waals surface area contributed by atoms with E-state index in [0.717, 1.165) is 54.6 Å². The molecule has 0 saturated carbocycles. The van der Waals surface area contributed by atoms with E-state index in [0.29, 0.717) is 11.4 Å². The number of aromatic nitrogens is 3. The number of nitrogens with one attached hydrogen (secondary N) is 2. The molecule has 0 radical (unpaired) electrons. The molecule has 2 N–H and O–H groups in total. The van der Waals surface area contributed by atoms with Crippen molar-refractivity contribution < 1.29 is 4.42 Å². The van der Waals surface area contributed by atoms with Crippen molar-refractivity contribution in [1.82, 2.24) is 15.0 Å². The molecular weight excluding hydrogens is 410 g/mol. The molecule has 0 aliphatic carbocycles. The number of pyridine rings is 1. The van der Waals surface area contributed by atoms with E-state index >= 15 is 0 Å². The first kappa shape index (κ1) is 18.2. The molecule has 33 heavy (non-hydrogen) atoms. The van der Waals surface area contributed by atoms with Gasteiger partial charge in [0, 0.05) is 21.7 Å². The topological polar surface area (TPSA) is 74.7 Å². The summed E-state index contributed by atoms with van der Waals surface area (Å²) in [5, 5.41) is 6.33. The van der Waals surface area contributed by atoms with Crippen LogP contribution in [0, 0.1) is 13.8 Å². The highest BCUT2D eigenvalue weighted by molar-refractivity contribution is 6.29. The zero-order chi connectivity index (χ0) is 22.3. The molecule has 0 unspecified atom stereocenters. The molecule has 0 atom stereocenters. The second-order valence-corrected chi connectivity index (χ2v) is 8.69. The summed E-state index contributed by atoms with van der Waals surface area (Å²) in [6.45, 7) is 4.15. The molecule has 3 aromatic heterocycles. The van der Waals surface area contributed by atoms with E-state index in [9.17, 15) is 4.79 Å². The normalized spacial score (nSPS) is 12.1. The van der Waals surface area contributed by atoms with Gasteiger partial charge in [0.15, 0.2) is 0 Å². The Kier molecular flexibility index (Phi) is 3.49. The minimum Gasteiger partial charge on any atom is -0.463 e. The highest BCUT2D eigenvalue weighted by Crippen LogP contribution is 2.41. The molecule has 7 aromatic rings. The Balaban J connectivity index is 1.68. The number of para-hydroxylation sites is 1. The lowest BCUT2D eigenvalue weighted by atomic mass is 9.96. The molecule has 0 aliphatic heterocycles. The summed E-state index contributed by atoms with van der Waals surface area (Å²) >= 11 is 0. The molecule has 0 aliphatic rings. The van der Waals surface area contributed by atoms with Crippen molar-refractivity contribution in [3.05, 3.63) is 88.4 Å². The quantitative estimate of drug-likeness (QED) is 0.284. The fraction of sp³-hybridized carbons (Fsp3) is 0.0714. The van der Waals surface area contributed by atoms with Crippen LogP contribution in [0.15, 0.2) is 76.1 Å². The summed E-state index contributed by atoms with van der Waals surface area (Å²) in [4.78, 5) is 24.4. The lowest BCUT2D eigenvalue weighted by Gasteiger charge is -2.08. The maximum Gasteiger partial charge on any atom is 0.259 e. The van der Waals surface area contributed by atoms with E-state index in [4.69, 9.17) is 9.40 Å². The van der Waals surface area contributed by atoms with Crippen molar-refractivity contribution >= 4 is 54.5 Å². The van der Waals surface area contributed by atoms with Gasteiger partial charge in [0.2, 0.25) is 0 Å². The number of nitrogens with zero attached hydrogens (tertiary/aromatic N) is 1. The molecule has 0 amide bonds. The van der Waals surface area contributed by atoms with Gasteiger partial charge < -0.3 is 14.4 Å². The molecule has 5 nitrogen and oxygen atoms in total. The maximum atomic E-state index is 13.0. The van der Waals surface area contributed by atoms with Gasteiger partial charge in [0.1, 0.15) is 11.4 Å². The van der Waals surface area contributed by atoms with Gasteiger partial charge >= 0.3 is 0 Å². The van der Waals surface area contributed by atoms with Gasteiger partial charge in [0.05, 0.1) is 22.9 Å². The van der Waals surface area contributed by atoms with Crippen LogP contribution in [0.2, 0.25) is 0 Å². The van der Waals surface area contributed by atoms with Crippen LogP contribution in [0.3, 0.4) is 0 Å². The van der Waals surface area contributed by atoms with Crippen LogP contribution in [-0.4, -0.2) is 15.0 Å². The van der Waals surface area contributed by atoms with E-state index in [1.54, 1.807) is 6.26 Å². The number of hydrogen-bond acceptors (Lipinski definition) is 3. The lowest BCUT2D eigenvalue weighted by Crippen LogP contribution is -2.09. The Morgan fingerprint density at radius 1 is 0.818 bits per heavy atom. The molecule has 0 saturated heterocycles. The zero-order valence-corrected chi connectivity index (χ0v) is 18.1. The molecule has 7 rings (SSSR count). The third-order valence-electron chi connectivity index (χ3n) is 6.70. The van der Waals surface area contributed by atoms with Gasteiger partial charge in [-0.25, -0.2) is 4.98 Å². The van der Waals surface area contributed by atoms with Crippen molar-refractivity contribution in [3.8, 4) is 11.4 Å². The predicted octanol–water partition coefficient (Wildman–Crippen LogP) is 6.74. The van der Waals surface area contributed by atoms with E-state index in [1.165, 1.54) is 10.9 Å². The Morgan fingerprint density at radius 2 is 1.67 bits per heavy atom. The minimum atomic E-state index is -0.169. The van der Waals surface area contributed by atoms with Crippen LogP contribution in [0.4, 0.5) is 0 Å². The van der Waals surface area contributed by atoms with E-state index in [-0.39, 0.29) is 5.56 Å². The summed E-state index contributed by atoms with van der Waals surface area (Å²) in [6.07, 6.45) is 1.79. The fourth-order valence-corrected chi connectivity index (χ4v) is 5.10. The minimum absolute atomic E-state index is 0.169. The lowest BCUT2D eigenvalue weighted by molar-refractivity contribution is 0.616. The van der Waals surface area contributed by atoms with Gasteiger partial charge in [-0.2, -0.15) is 0 Å². The van der Waals surface area contributed by atoms with Crippen LogP contribution in [0.25, 0.3) is 65.8 Å². The number of furan rings is 1. The first-order chi connectivity index (χ1) is 16.1. The van der Waals surface area contributed by atoms with Crippen LogP contribution < -0.4 is 5.56 Å². The number of benzene rings is 4. The summed E-state index contributed by atoms with van der Waals surface area (Å²) < 4.78 is 6.03. The Hall–Kier alpha value is -4.38. The molecular formula is C28H19N3O2. The second kappa shape index (κ2) is 6.33. The summed E-state index contributed by atoms with van der Waals surface area (Å²) in [6, 6.07) is 20.2. The van der Waals surface area contributed by atoms with E-state index in [1.807, 2.05) is 37.3 Å². The molecule has 5 heteroatoms. The predicted molar refractivity (Wildman–Crippen MR) is 134 cm³/mol. The monoisotopic (exact) mass is 429 g/mol. The standard InChI is InChI=1S/C28H19N3O2/c1-14-6-5-8-18-17(14)10-11-19-23(18)25-24(22-15(2)13-33-26(19)22)30-27(31-25)20-12-16-7-3-4-9-21(16)29-28(20)32/h3-13H,1-2H3,(H,29,32)(H,30,31). The molecule has 0 spiro atoms. The van der Waals surface area contributed by atoms with Gasteiger partial charge in [-0.3, -0.25) is 4.79 Å². The third kappa shape index (κ3) is 2.42. The Morgan fingerprint density at radius 3 is 2.58 bits per heavy atom. The average molecular weight is 429 g/mol. The van der Waals surface area contributed by atoms with Crippen molar-refractivity contribution in [1.29, 1.82) is 0 Å². The smallest absolute Gasteiger partial charge is 0.259 e. The van der Waals surface area contributed by atoms with Crippen molar-refractivity contribution in [3.63, 3.8) is 0 Å². The van der Waals surface area contributed by atoms with Gasteiger partial charge in [-0.15, -0.1) is 0 Å². The van der Waals surface area contributed by atoms with Crippen LogP contribution in [-0.2, 0) is 0 Å². The fourth-order valence-electron chi connectivity index (χ4n) is 5.10. The van der Waals surface area contributed by atoms with Gasteiger partial charge in [-0.1, -0.05) is 42.5 Å². The van der Waals surface area contributed by atoms with Crippen LogP contribution >= 0.6 is 0 Å². The molecule has 3 heterocycles. The average Bonchev–Trinajstić information content (AvgIpc) is 3.42. The van der Waals surface area contributed by atoms with Gasteiger partial charge in [-0.05, 0) is 59.3 Å². The molecule has 158 valence electrons. The van der Waals surface area contributed by atoms with Crippen molar-refractivity contribution in [2.24, 2.45) is 0 Å². The summed E-state index contributed by atoms with van der Waals surface area (Å²) in [7, 11) is 0. The Labute approximate surface area is 187 Å². The third-order valence-corrected chi connectivity index (χ3v) is 6.70. The van der Waals surface area contributed by atoms with Gasteiger partial charge in [0.25, 0.3) is 5.56 Å². The highest BCUT2D eigenvalue weighted by atomic mass is 16.3. The number of rotatable bonds is 1. The zero-order valence-electron chi connectivity index (χ0n) is 18.1. The summed E-state index contributed by atoms with van der Waals surface area (Å²) in [5.41, 5.74) is 5.97. The van der Waals surface area contributed by atoms with Crippen LogP contribution in [0.5, 0.6) is 0 Å². The summed E-state index contributed by atoms with van der Waals surface area (Å²) in [5.74, 6) is 0.552. The first-order valence-electron chi connectivity index (χ1n) is 10.9. The van der Waals surface area contributed by atoms with Crippen LogP contribution in [0.1, 0.15) is 11.1 Å². The van der Waals surface area contributed by atoms with Crippen molar-refractivity contribution in [2.45, 2.75) is 13.8 Å². The molecule has 0 fully saturated rings.